The van der Waals surface area contributed by atoms with Gasteiger partial charge in [0.25, 0.3) is 11.8 Å². The number of benzene rings is 2. The molecule has 0 saturated carbocycles. The number of anilines is 1. The van der Waals surface area contributed by atoms with Gasteiger partial charge in [0.05, 0.1) is 81.1 Å². The molecule has 0 aliphatic carbocycles. The topological polar surface area (TPSA) is 207 Å². The predicted molar refractivity (Wildman–Crippen MR) is 240 cm³/mol. The molecule has 7 rings (SSSR count). The molecule has 1 unspecified atom stereocenters. The number of pyridine rings is 1. The first-order valence-electron chi connectivity index (χ1n) is 21.9. The fourth-order valence-electron chi connectivity index (χ4n) is 8.18. The monoisotopic (exact) mass is 951 g/mol. The zero-order valence-electron chi connectivity index (χ0n) is 36.5. The molecule has 0 bridgehead atoms. The van der Waals surface area contributed by atoms with E-state index >= 15 is 0 Å². The summed E-state index contributed by atoms with van der Waals surface area (Å²) in [7, 11) is 0. The largest absolute Gasteiger partial charge is 0.482 e. The second kappa shape index (κ2) is 22.8. The lowest BCUT2D eigenvalue weighted by molar-refractivity contribution is -0.136. The molecule has 2 atom stereocenters. The molecule has 3 N–H and O–H groups in total. The molecule has 4 aromatic rings. The Morgan fingerprint density at radius 2 is 1.59 bits per heavy atom. The van der Waals surface area contributed by atoms with E-state index in [1.165, 1.54) is 12.1 Å². The Balaban J connectivity index is 0.708. The predicted octanol–water partition coefficient (Wildman–Crippen LogP) is 5.77. The Morgan fingerprint density at radius 1 is 0.894 bits per heavy atom. The summed E-state index contributed by atoms with van der Waals surface area (Å²) >= 11 is 12.5. The maximum absolute atomic E-state index is 14.1. The van der Waals surface area contributed by atoms with E-state index in [1.807, 2.05) is 15.8 Å². The minimum atomic E-state index is -1.00. The van der Waals surface area contributed by atoms with E-state index < -0.39 is 41.6 Å². The third-order valence-electron chi connectivity index (χ3n) is 11.7. The van der Waals surface area contributed by atoms with E-state index in [0.29, 0.717) is 101 Å². The number of aromatic nitrogens is 3. The second-order valence-corrected chi connectivity index (χ2v) is 16.8. The van der Waals surface area contributed by atoms with Crippen molar-refractivity contribution in [1.29, 1.82) is 0 Å². The van der Waals surface area contributed by atoms with Crippen LogP contribution in [-0.4, -0.2) is 126 Å². The van der Waals surface area contributed by atoms with Gasteiger partial charge in [-0.2, -0.15) is 5.10 Å². The first kappa shape index (κ1) is 48.4. The van der Waals surface area contributed by atoms with Crippen molar-refractivity contribution in [2.45, 2.75) is 70.1 Å². The molecule has 5 amide bonds. The van der Waals surface area contributed by atoms with Crippen molar-refractivity contribution >= 4 is 58.6 Å². The Kier molecular flexibility index (Phi) is 16.7. The number of fused-ring (bicyclic) bond motifs is 1. The molecule has 0 spiro atoms. The number of amides is 5. The molecule has 2 fully saturated rings. The number of nitrogens with one attached hydrogen (secondary N) is 1. The van der Waals surface area contributed by atoms with Crippen molar-refractivity contribution in [3.05, 3.63) is 93.1 Å². The van der Waals surface area contributed by atoms with Crippen molar-refractivity contribution in [2.24, 2.45) is 0 Å². The number of nitrogens with zero attached hydrogens (tertiary/aromatic N) is 5. The van der Waals surface area contributed by atoms with E-state index in [0.717, 1.165) is 28.9 Å². The summed E-state index contributed by atoms with van der Waals surface area (Å²) in [5, 5.41) is 6.96. The van der Waals surface area contributed by atoms with Crippen LogP contribution in [0, 0.1) is 5.82 Å². The highest BCUT2D eigenvalue weighted by Gasteiger charge is 2.45. The summed E-state index contributed by atoms with van der Waals surface area (Å²) in [5.41, 5.74) is 9.24. The normalized spacial score (nSPS) is 17.1. The highest BCUT2D eigenvalue weighted by Crippen LogP contribution is 2.37. The average Bonchev–Trinajstić information content (AvgIpc) is 3.90. The summed E-state index contributed by atoms with van der Waals surface area (Å²) in [4.78, 5) is 70.3. The zero-order valence-corrected chi connectivity index (χ0v) is 38.0. The maximum Gasteiger partial charge on any atom is 0.262 e. The number of rotatable bonds is 22. The molecular weight excluding hydrogens is 900 g/mol. The maximum atomic E-state index is 14.1. The van der Waals surface area contributed by atoms with Gasteiger partial charge in [0.1, 0.15) is 18.0 Å². The van der Waals surface area contributed by atoms with Gasteiger partial charge in [-0.05, 0) is 68.9 Å². The molecule has 20 heteroatoms. The number of nitrogen functional groups attached to an aromatic ring is 1. The van der Waals surface area contributed by atoms with Crippen molar-refractivity contribution in [3.63, 3.8) is 0 Å². The number of nitrogens with two attached hydrogens (primary N) is 1. The van der Waals surface area contributed by atoms with Gasteiger partial charge in [-0.25, -0.2) is 9.37 Å². The summed E-state index contributed by atoms with van der Waals surface area (Å²) in [6.45, 7) is 5.86. The number of aryl methyl sites for hydroxylation is 1. The number of hydrogen-bond acceptors (Lipinski definition) is 13. The average molecular weight is 953 g/mol. The highest BCUT2D eigenvalue weighted by atomic mass is 35.5. The molecule has 3 aliphatic rings. The number of halogens is 3. The molecule has 2 aromatic carbocycles. The van der Waals surface area contributed by atoms with E-state index in [1.54, 1.807) is 43.6 Å². The summed E-state index contributed by atoms with van der Waals surface area (Å²) in [6, 6.07) is 8.57. The Bertz CT molecular complexity index is 2410. The van der Waals surface area contributed by atoms with E-state index in [9.17, 15) is 28.4 Å². The molecule has 3 aliphatic heterocycles. The summed E-state index contributed by atoms with van der Waals surface area (Å²) in [6.07, 6.45) is 7.65. The first-order chi connectivity index (χ1) is 31.9. The van der Waals surface area contributed by atoms with Gasteiger partial charge < -0.3 is 34.3 Å². The van der Waals surface area contributed by atoms with Gasteiger partial charge in [-0.1, -0.05) is 35.3 Å². The smallest absolute Gasteiger partial charge is 0.262 e. The standard InChI is InChI=1S/C46H52Cl2FN7O10/c1-28(40-34(47)7-8-35(49)42(40)48)66-37-24-30(25-51-43(37)50)31-26-52-55(27-31)32-11-14-54(15-12-32)39(58)13-17-63-19-21-65-23-22-64-20-18-62-16-3-5-29-4-2-6-33-41(29)46(61)56(45(33)60)36-9-10-38(57)53-44(36)59/h2,4,6-8,24-28,32,36H,3,5,9-23H2,1H3,(H2,50,51)(H,53,57,59)/t28-,36?/m1/s1. The van der Waals surface area contributed by atoms with Crippen LogP contribution in [0.4, 0.5) is 10.2 Å². The van der Waals surface area contributed by atoms with E-state index in [4.69, 9.17) is 52.6 Å². The Labute approximate surface area is 390 Å². The molecule has 17 nitrogen and oxygen atoms in total. The third kappa shape index (κ3) is 11.7. The lowest BCUT2D eigenvalue weighted by atomic mass is 9.99. The number of hydrogen-bond donors (Lipinski definition) is 2. The van der Waals surface area contributed by atoms with Gasteiger partial charge in [-0.3, -0.25) is 38.9 Å². The number of ether oxygens (including phenoxy) is 5. The van der Waals surface area contributed by atoms with Crippen LogP contribution in [0.1, 0.15) is 89.4 Å². The molecule has 5 heterocycles. The van der Waals surface area contributed by atoms with E-state index in [2.05, 4.69) is 15.4 Å². The molecule has 2 aromatic heterocycles. The van der Waals surface area contributed by atoms with Gasteiger partial charge >= 0.3 is 0 Å². The number of carbonyl (C=O) groups is 5. The van der Waals surface area contributed by atoms with Crippen LogP contribution in [0.5, 0.6) is 5.75 Å². The molecule has 352 valence electrons. The fourth-order valence-corrected chi connectivity index (χ4v) is 8.85. The Morgan fingerprint density at radius 3 is 2.30 bits per heavy atom. The minimum Gasteiger partial charge on any atom is -0.482 e. The zero-order chi connectivity index (χ0) is 46.7. The van der Waals surface area contributed by atoms with Crippen LogP contribution in [0.3, 0.4) is 0 Å². The number of imide groups is 2. The molecule has 2 saturated heterocycles. The Hall–Kier alpha value is -5.50. The SMILES string of the molecule is C[C@@H](Oc1cc(-c2cnn(C3CCN(C(=O)CCOCCOCCOCCOCCCc4cccc5c4C(=O)N(C4CCC(=O)NC4=O)C5=O)CC3)c2)cnc1N)c1c(Cl)ccc(F)c1Cl. The first-order valence-corrected chi connectivity index (χ1v) is 22.7. The van der Waals surface area contributed by atoms with Crippen LogP contribution in [0.2, 0.25) is 10.0 Å². The quantitative estimate of drug-likeness (QED) is 0.0546. The summed E-state index contributed by atoms with van der Waals surface area (Å²) < 4.78 is 44.6. The van der Waals surface area contributed by atoms with Crippen LogP contribution in [0.15, 0.2) is 55.0 Å². The van der Waals surface area contributed by atoms with Crippen molar-refractivity contribution in [3.8, 4) is 16.9 Å². The number of carbonyl (C=O) groups excluding carboxylic acids is 5. The third-order valence-corrected chi connectivity index (χ3v) is 12.4. The second-order valence-electron chi connectivity index (χ2n) is 16.0. The lowest BCUT2D eigenvalue weighted by Gasteiger charge is -2.32. The minimum absolute atomic E-state index is 0.0372. The lowest BCUT2D eigenvalue weighted by Crippen LogP contribution is -2.54. The van der Waals surface area contributed by atoms with Crippen LogP contribution >= 0.6 is 23.2 Å². The van der Waals surface area contributed by atoms with Crippen molar-refractivity contribution in [1.82, 2.24) is 29.9 Å². The van der Waals surface area contributed by atoms with E-state index in [-0.39, 0.29) is 52.6 Å². The van der Waals surface area contributed by atoms with Crippen LogP contribution < -0.4 is 15.8 Å². The van der Waals surface area contributed by atoms with Crippen molar-refractivity contribution < 1.29 is 52.0 Å². The number of likely N-dealkylation sites (tertiary alicyclic amines) is 1. The molecular formula is C46H52Cl2FN7O10. The summed E-state index contributed by atoms with van der Waals surface area (Å²) in [5.74, 6) is -2.20. The number of piperidine rings is 2. The molecule has 0 radical (unpaired) electrons. The van der Waals surface area contributed by atoms with Gasteiger partial charge in [-0.15, -0.1) is 0 Å². The van der Waals surface area contributed by atoms with Gasteiger partial charge in [0, 0.05) is 60.2 Å². The molecule has 66 heavy (non-hydrogen) atoms. The highest BCUT2D eigenvalue weighted by molar-refractivity contribution is 6.36. The van der Waals surface area contributed by atoms with Crippen LogP contribution in [-0.2, 0) is 39.8 Å². The van der Waals surface area contributed by atoms with Crippen molar-refractivity contribution in [2.75, 3.05) is 71.7 Å². The van der Waals surface area contributed by atoms with Gasteiger partial charge in [0.2, 0.25) is 17.7 Å². The van der Waals surface area contributed by atoms with Crippen LogP contribution in [0.25, 0.3) is 11.1 Å². The fraction of sp³-hybridized carbons (Fsp3) is 0.457. The van der Waals surface area contributed by atoms with Gasteiger partial charge in [0.15, 0.2) is 11.6 Å².